The van der Waals surface area contributed by atoms with Gasteiger partial charge in [-0.25, -0.2) is 13.4 Å². The van der Waals surface area contributed by atoms with Gasteiger partial charge in [-0.1, -0.05) is 12.1 Å². The zero-order valence-corrected chi connectivity index (χ0v) is 13.6. The van der Waals surface area contributed by atoms with E-state index in [4.69, 9.17) is 16.2 Å². The van der Waals surface area contributed by atoms with Crippen molar-refractivity contribution in [2.75, 3.05) is 24.3 Å². The van der Waals surface area contributed by atoms with Crippen LogP contribution in [0.1, 0.15) is 24.5 Å². The first-order chi connectivity index (χ1) is 10.9. The number of benzene rings is 1. The van der Waals surface area contributed by atoms with Gasteiger partial charge in [0.2, 0.25) is 0 Å². The summed E-state index contributed by atoms with van der Waals surface area (Å²) in [5, 5.41) is 0. The topological polar surface area (TPSA) is 108 Å². The average molecular weight is 333 g/mol. The van der Waals surface area contributed by atoms with Crippen LogP contribution in [0.25, 0.3) is 11.1 Å². The smallest absolute Gasteiger partial charge is 0.175 e. The summed E-state index contributed by atoms with van der Waals surface area (Å²) in [5.41, 5.74) is 14.8. The van der Waals surface area contributed by atoms with E-state index in [1.807, 2.05) is 0 Å². The highest BCUT2D eigenvalue weighted by Gasteiger charge is 2.23. The second kappa shape index (κ2) is 5.82. The molecule has 6 nitrogen and oxygen atoms in total. The van der Waals surface area contributed by atoms with Gasteiger partial charge in [0.05, 0.1) is 16.7 Å². The van der Waals surface area contributed by atoms with Crippen molar-refractivity contribution in [1.29, 1.82) is 0 Å². The number of ether oxygens (including phenoxy) is 1. The summed E-state index contributed by atoms with van der Waals surface area (Å²) in [6, 6.07) is 6.56. The Balaban J connectivity index is 2.14. The van der Waals surface area contributed by atoms with E-state index in [0.717, 1.165) is 18.4 Å². The van der Waals surface area contributed by atoms with E-state index in [1.165, 1.54) is 6.26 Å². The minimum absolute atomic E-state index is 0.0834. The summed E-state index contributed by atoms with van der Waals surface area (Å²) in [5.74, 6) is 0.273. The lowest BCUT2D eigenvalue weighted by atomic mass is 9.98. The van der Waals surface area contributed by atoms with Crippen LogP contribution in [-0.2, 0) is 14.6 Å². The lowest BCUT2D eigenvalue weighted by Crippen LogP contribution is -2.07. The standard InChI is InChI=1S/C16H19N3O3S/c1-23(20,21)11-5-2-4-10(8-11)14-15(17)12(9-19-16(14)18)13-6-3-7-22-13/h2,4-5,8-9,13H,3,6-7H2,1H3,(H4,17,18,19). The Bertz CT molecular complexity index is 844. The van der Waals surface area contributed by atoms with Crippen LogP contribution >= 0.6 is 0 Å². The molecule has 1 atom stereocenters. The third-order valence-electron chi connectivity index (χ3n) is 4.01. The van der Waals surface area contributed by atoms with Crippen LogP contribution in [0.3, 0.4) is 0 Å². The number of nitrogen functional groups attached to an aromatic ring is 2. The number of nitrogens with zero attached hydrogens (tertiary/aromatic N) is 1. The summed E-state index contributed by atoms with van der Waals surface area (Å²) in [6.07, 6.45) is 4.59. The normalized spacial score (nSPS) is 18.2. The van der Waals surface area contributed by atoms with Crippen LogP contribution in [0.4, 0.5) is 11.5 Å². The van der Waals surface area contributed by atoms with Crippen LogP contribution in [0, 0.1) is 0 Å². The molecule has 122 valence electrons. The predicted octanol–water partition coefficient (Wildman–Crippen LogP) is 2.17. The quantitative estimate of drug-likeness (QED) is 0.891. The highest BCUT2D eigenvalue weighted by Crippen LogP contribution is 2.39. The first-order valence-corrected chi connectivity index (χ1v) is 9.23. The van der Waals surface area contributed by atoms with Crippen molar-refractivity contribution in [3.05, 3.63) is 36.0 Å². The van der Waals surface area contributed by atoms with Crippen LogP contribution in [0.2, 0.25) is 0 Å². The fourth-order valence-electron chi connectivity index (χ4n) is 2.82. The summed E-state index contributed by atoms with van der Waals surface area (Å²) < 4.78 is 29.2. The first-order valence-electron chi connectivity index (χ1n) is 7.34. The highest BCUT2D eigenvalue weighted by molar-refractivity contribution is 7.90. The van der Waals surface area contributed by atoms with E-state index < -0.39 is 9.84 Å². The minimum atomic E-state index is -3.31. The van der Waals surface area contributed by atoms with Gasteiger partial charge in [-0.3, -0.25) is 0 Å². The lowest BCUT2D eigenvalue weighted by molar-refractivity contribution is 0.112. The highest BCUT2D eigenvalue weighted by atomic mass is 32.2. The van der Waals surface area contributed by atoms with Crippen LogP contribution in [0.15, 0.2) is 35.4 Å². The van der Waals surface area contributed by atoms with E-state index in [9.17, 15) is 8.42 Å². The molecule has 1 saturated heterocycles. The van der Waals surface area contributed by atoms with Crippen LogP contribution in [0.5, 0.6) is 0 Å². The number of nitrogens with two attached hydrogens (primary N) is 2. The molecule has 2 aromatic rings. The van der Waals surface area contributed by atoms with E-state index in [1.54, 1.807) is 30.5 Å². The molecule has 0 amide bonds. The maximum Gasteiger partial charge on any atom is 0.175 e. The number of hydrogen-bond donors (Lipinski definition) is 2. The Morgan fingerprint density at radius 3 is 2.74 bits per heavy atom. The number of anilines is 2. The third-order valence-corrected chi connectivity index (χ3v) is 5.12. The molecule has 2 heterocycles. The summed E-state index contributed by atoms with van der Waals surface area (Å²) in [4.78, 5) is 4.44. The zero-order valence-electron chi connectivity index (χ0n) is 12.8. The maximum absolute atomic E-state index is 11.8. The number of aromatic nitrogens is 1. The van der Waals surface area contributed by atoms with Crippen molar-refractivity contribution in [2.45, 2.75) is 23.8 Å². The Kier molecular flexibility index (Phi) is 3.99. The van der Waals surface area contributed by atoms with Crippen molar-refractivity contribution in [1.82, 2.24) is 4.98 Å². The van der Waals surface area contributed by atoms with Gasteiger partial charge in [0.15, 0.2) is 9.84 Å². The molecular formula is C16H19N3O3S. The fourth-order valence-corrected chi connectivity index (χ4v) is 3.49. The van der Waals surface area contributed by atoms with Gasteiger partial charge in [0, 0.05) is 30.2 Å². The van der Waals surface area contributed by atoms with Gasteiger partial charge in [-0.05, 0) is 30.5 Å². The molecule has 7 heteroatoms. The summed E-state index contributed by atoms with van der Waals surface area (Å²) in [7, 11) is -3.31. The minimum Gasteiger partial charge on any atom is -0.398 e. The zero-order chi connectivity index (χ0) is 16.6. The summed E-state index contributed by atoms with van der Waals surface area (Å²) in [6.45, 7) is 0.702. The Morgan fingerprint density at radius 2 is 2.09 bits per heavy atom. The fraction of sp³-hybridized carbons (Fsp3) is 0.312. The van der Waals surface area contributed by atoms with Crippen molar-refractivity contribution < 1.29 is 13.2 Å². The molecule has 0 aliphatic carbocycles. The van der Waals surface area contributed by atoms with E-state index in [0.29, 0.717) is 23.4 Å². The van der Waals surface area contributed by atoms with Crippen molar-refractivity contribution in [3.8, 4) is 11.1 Å². The molecule has 1 aromatic heterocycles. The molecule has 1 aliphatic heterocycles. The Hall–Kier alpha value is -2.12. The molecule has 0 spiro atoms. The van der Waals surface area contributed by atoms with Gasteiger partial charge in [0.1, 0.15) is 5.82 Å². The molecule has 0 saturated carbocycles. The molecule has 1 aromatic carbocycles. The average Bonchev–Trinajstić information content (AvgIpc) is 3.01. The molecule has 1 aliphatic rings. The van der Waals surface area contributed by atoms with Gasteiger partial charge >= 0.3 is 0 Å². The maximum atomic E-state index is 11.8. The second-order valence-corrected chi connectivity index (χ2v) is 7.70. The van der Waals surface area contributed by atoms with Crippen molar-refractivity contribution in [2.24, 2.45) is 0 Å². The van der Waals surface area contributed by atoms with E-state index >= 15 is 0 Å². The molecule has 0 radical (unpaired) electrons. The molecule has 0 bridgehead atoms. The second-order valence-electron chi connectivity index (χ2n) is 5.69. The third kappa shape index (κ3) is 3.02. The number of hydrogen-bond acceptors (Lipinski definition) is 6. The van der Waals surface area contributed by atoms with Crippen LogP contribution in [-0.4, -0.2) is 26.3 Å². The van der Waals surface area contributed by atoms with E-state index in [2.05, 4.69) is 4.98 Å². The van der Waals surface area contributed by atoms with Crippen molar-refractivity contribution >= 4 is 21.3 Å². The van der Waals surface area contributed by atoms with E-state index in [-0.39, 0.29) is 16.8 Å². The molecular weight excluding hydrogens is 314 g/mol. The predicted molar refractivity (Wildman–Crippen MR) is 89.5 cm³/mol. The number of rotatable bonds is 3. The monoisotopic (exact) mass is 333 g/mol. The molecule has 1 unspecified atom stereocenters. The molecule has 3 rings (SSSR count). The molecule has 1 fully saturated rings. The first kappa shape index (κ1) is 15.8. The molecule has 23 heavy (non-hydrogen) atoms. The van der Waals surface area contributed by atoms with Gasteiger partial charge in [-0.2, -0.15) is 0 Å². The Labute approximate surface area is 135 Å². The van der Waals surface area contributed by atoms with Crippen LogP contribution < -0.4 is 11.5 Å². The largest absolute Gasteiger partial charge is 0.398 e. The lowest BCUT2D eigenvalue weighted by Gasteiger charge is -2.17. The number of sulfone groups is 1. The van der Waals surface area contributed by atoms with Gasteiger partial charge in [-0.15, -0.1) is 0 Å². The van der Waals surface area contributed by atoms with Gasteiger partial charge < -0.3 is 16.2 Å². The summed E-state index contributed by atoms with van der Waals surface area (Å²) >= 11 is 0. The number of pyridine rings is 1. The Morgan fingerprint density at radius 1 is 1.30 bits per heavy atom. The molecule has 4 N–H and O–H groups in total. The van der Waals surface area contributed by atoms with Crippen molar-refractivity contribution in [3.63, 3.8) is 0 Å². The SMILES string of the molecule is CS(=O)(=O)c1cccc(-c2c(N)ncc(C3CCCO3)c2N)c1. The van der Waals surface area contributed by atoms with Gasteiger partial charge in [0.25, 0.3) is 0 Å².